The molecule has 3 fully saturated rings. The summed E-state index contributed by atoms with van der Waals surface area (Å²) in [5.74, 6) is -8.66. The number of nitrogens with two attached hydrogens (primary N) is 2. The van der Waals surface area contributed by atoms with Crippen molar-refractivity contribution in [1.29, 1.82) is 0 Å². The van der Waals surface area contributed by atoms with Crippen LogP contribution in [0.5, 0.6) is 0 Å². The summed E-state index contributed by atoms with van der Waals surface area (Å²) in [4.78, 5) is 69.1. The summed E-state index contributed by atoms with van der Waals surface area (Å²) in [6.45, 7) is 15.1. The molecule has 3 saturated heterocycles. The first-order chi connectivity index (χ1) is 28.6. The number of carbonyl (C=O) groups is 4. The quantitative estimate of drug-likeness (QED) is 0.101. The number of Topliss-reactive ketones (excluding diaryl/α,β-unsaturated/α-hetero) is 2. The Morgan fingerprint density at radius 3 is 2.38 bits per heavy atom. The number of aliphatic hydroxyl groups excluding tert-OH is 1. The molecule has 0 aromatic carbocycles. The molecule has 2 aromatic heterocycles. The van der Waals surface area contributed by atoms with E-state index < -0.39 is 95.1 Å². The van der Waals surface area contributed by atoms with E-state index in [-0.39, 0.29) is 36.6 Å². The van der Waals surface area contributed by atoms with E-state index in [1.165, 1.54) is 25.4 Å². The molecule has 5 N–H and O–H groups in total. The molecule has 0 spiro atoms. The normalized spacial score (nSPS) is 37.4. The lowest BCUT2D eigenvalue weighted by Crippen LogP contribution is -2.59. The van der Waals surface area contributed by atoms with Gasteiger partial charge in [-0.2, -0.15) is 0 Å². The number of pyridine rings is 1. The molecule has 0 aliphatic carbocycles. The van der Waals surface area contributed by atoms with Gasteiger partial charge in [-0.25, -0.2) is 4.98 Å². The third kappa shape index (κ3) is 9.76. The fraction of sp³-hybridized carbons (Fsp3) is 0.714. The number of oxime groups is 1. The van der Waals surface area contributed by atoms with Gasteiger partial charge >= 0.3 is 11.9 Å². The zero-order valence-corrected chi connectivity index (χ0v) is 38.0. The van der Waals surface area contributed by atoms with Gasteiger partial charge in [-0.1, -0.05) is 50.3 Å². The number of carbonyl (C=O) groups excluding carboxylic acids is 4. The molecule has 0 amide bonds. The molecular weight excluding hydrogens is 811 g/mol. The van der Waals surface area contributed by atoms with Crippen molar-refractivity contribution in [2.75, 3.05) is 26.9 Å². The van der Waals surface area contributed by atoms with E-state index in [9.17, 15) is 24.3 Å². The van der Waals surface area contributed by atoms with E-state index in [1.807, 2.05) is 25.9 Å². The maximum atomic E-state index is 14.8. The summed E-state index contributed by atoms with van der Waals surface area (Å²) < 4.78 is 31.1. The van der Waals surface area contributed by atoms with Crippen molar-refractivity contribution in [2.24, 2.45) is 46.4 Å². The summed E-state index contributed by atoms with van der Waals surface area (Å²) >= 11 is 1.21. The van der Waals surface area contributed by atoms with Gasteiger partial charge < -0.3 is 50.0 Å². The second-order valence-electron chi connectivity index (χ2n) is 17.5. The Hall–Kier alpha value is -4.14. The minimum Gasteiger partial charge on any atom is -0.458 e. The molecule has 0 bridgehead atoms. The van der Waals surface area contributed by atoms with Gasteiger partial charge in [0, 0.05) is 36.8 Å². The molecule has 2 aromatic rings. The third-order valence-electron chi connectivity index (χ3n) is 12.8. The second-order valence-corrected chi connectivity index (χ2v) is 18.5. The van der Waals surface area contributed by atoms with Crippen LogP contribution < -0.4 is 11.5 Å². The van der Waals surface area contributed by atoms with E-state index in [2.05, 4.69) is 20.3 Å². The van der Waals surface area contributed by atoms with Crippen molar-refractivity contribution in [3.8, 4) is 10.7 Å². The molecule has 61 heavy (non-hydrogen) atoms. The molecule has 338 valence electrons. The second kappa shape index (κ2) is 19.1. The molecule has 15 atom stereocenters. The molecule has 18 nitrogen and oxygen atoms in total. The van der Waals surface area contributed by atoms with Crippen molar-refractivity contribution in [3.63, 3.8) is 0 Å². The number of methoxy groups -OCH3 is 1. The number of fused-ring (bicyclic) bond motifs is 1. The van der Waals surface area contributed by atoms with E-state index in [0.29, 0.717) is 27.9 Å². The van der Waals surface area contributed by atoms with E-state index in [1.54, 1.807) is 66.7 Å². The fourth-order valence-corrected chi connectivity index (χ4v) is 10.0. The molecule has 19 heteroatoms. The van der Waals surface area contributed by atoms with Crippen LogP contribution in [0.3, 0.4) is 0 Å². The van der Waals surface area contributed by atoms with Gasteiger partial charge in [-0.05, 0) is 80.1 Å². The number of ketones is 2. The van der Waals surface area contributed by atoms with Crippen molar-refractivity contribution in [2.45, 2.75) is 136 Å². The number of likely N-dealkylation sites (N-methyl/N-ethyl adjacent to an activating group) is 1. The third-order valence-corrected chi connectivity index (χ3v) is 13.9. The average molecular weight is 874 g/mol. The van der Waals surface area contributed by atoms with Crippen molar-refractivity contribution >= 4 is 46.5 Å². The van der Waals surface area contributed by atoms with Crippen molar-refractivity contribution in [1.82, 2.24) is 20.1 Å². The Balaban J connectivity index is 1.50. The predicted molar refractivity (Wildman–Crippen MR) is 224 cm³/mol. The Kier molecular flexibility index (Phi) is 15.0. The number of aromatic nitrogens is 3. The van der Waals surface area contributed by atoms with Crippen LogP contribution in [-0.4, -0.2) is 124 Å². The molecule has 3 aliphatic heterocycles. The van der Waals surface area contributed by atoms with Gasteiger partial charge in [0.15, 0.2) is 39.6 Å². The van der Waals surface area contributed by atoms with Crippen LogP contribution in [0.15, 0.2) is 23.4 Å². The van der Waals surface area contributed by atoms with Crippen molar-refractivity contribution < 1.29 is 52.8 Å². The number of hydrogen-bond acceptors (Lipinski definition) is 18. The zero-order valence-electron chi connectivity index (χ0n) is 37.2. The zero-order chi connectivity index (χ0) is 45.3. The number of cyclic esters (lactones) is 1. The van der Waals surface area contributed by atoms with Gasteiger partial charge in [0.1, 0.15) is 41.3 Å². The maximum absolute atomic E-state index is 14.8. The van der Waals surface area contributed by atoms with Gasteiger partial charge in [0.2, 0.25) is 0 Å². The minimum atomic E-state index is -1.59. The first-order valence-electron chi connectivity index (χ1n) is 20.8. The predicted octanol–water partition coefficient (Wildman–Crippen LogP) is 3.70. The van der Waals surface area contributed by atoms with E-state index in [4.69, 9.17) is 40.0 Å². The Morgan fingerprint density at radius 1 is 1.07 bits per heavy atom. The highest BCUT2D eigenvalue weighted by Crippen LogP contribution is 2.48. The molecule has 0 saturated carbocycles. The highest BCUT2D eigenvalue weighted by atomic mass is 32.1. The number of ether oxygens (including phenoxy) is 5. The molecule has 0 radical (unpaired) electrons. The Morgan fingerprint density at radius 2 is 1.75 bits per heavy atom. The van der Waals surface area contributed by atoms with Crippen LogP contribution in [0.2, 0.25) is 0 Å². The lowest BCUT2D eigenvalue weighted by atomic mass is 9.67. The number of nitrogens with zero attached hydrogens (tertiary/aromatic N) is 5. The van der Waals surface area contributed by atoms with Crippen LogP contribution in [0.25, 0.3) is 10.7 Å². The molecule has 1 unspecified atom stereocenters. The molecular formula is C42H63N7O11S. The van der Waals surface area contributed by atoms with Crippen LogP contribution in [-0.2, 0) is 47.7 Å². The van der Waals surface area contributed by atoms with Gasteiger partial charge in [-0.15, -0.1) is 10.2 Å². The first kappa shape index (κ1) is 47.9. The van der Waals surface area contributed by atoms with Crippen molar-refractivity contribution in [3.05, 3.63) is 23.2 Å². The minimum absolute atomic E-state index is 0.0442. The largest absolute Gasteiger partial charge is 0.458 e. The lowest BCUT2D eigenvalue weighted by Gasteiger charge is -2.47. The van der Waals surface area contributed by atoms with E-state index >= 15 is 0 Å². The Labute approximate surface area is 361 Å². The number of aliphatic hydroxyl groups is 1. The number of anilines is 1. The van der Waals surface area contributed by atoms with Crippen LogP contribution in [0.4, 0.5) is 5.82 Å². The lowest BCUT2D eigenvalue weighted by molar-refractivity contribution is -0.295. The highest BCUT2D eigenvalue weighted by Gasteiger charge is 2.63. The molecule has 3 aliphatic rings. The van der Waals surface area contributed by atoms with Crippen LogP contribution in [0, 0.1) is 35.5 Å². The monoisotopic (exact) mass is 873 g/mol. The smallest absolute Gasteiger partial charge is 0.317 e. The van der Waals surface area contributed by atoms with Gasteiger partial charge in [0.05, 0.1) is 17.8 Å². The molecule has 5 heterocycles. The summed E-state index contributed by atoms with van der Waals surface area (Å²) in [7, 11) is 5.16. The topological polar surface area (TPSA) is 250 Å². The Bertz CT molecular complexity index is 1950. The standard InChI is InChI=1S/C42H63N7O11S/c1-13-27-42(9)30(29(39(54)59-42)35(44)48-60-24(7)36-46-47-37(61-36)25-15-14-16-28(43)45-25)21(4)31(50)19(2)18-41(8,55-12)34(22(5)32(51)23(6)38(53)57-27)58-40-33(52)26(49(10)11)17-20(3)56-40/h14-16,19-24,26-27,29-30,33-34,40,52H,13,17-18H2,1-12H3,(H2,43,45)(H2,44,48)/t19-,20-,21-,22+,23-,24-,26+,27+,29-,30+,33-,34-,40?,41-,42-/m1/s1. The summed E-state index contributed by atoms with van der Waals surface area (Å²) in [5.41, 5.74) is 10.0. The van der Waals surface area contributed by atoms with E-state index in [0.717, 1.165) is 0 Å². The first-order valence-corrected chi connectivity index (χ1v) is 21.7. The van der Waals surface area contributed by atoms with Gasteiger partial charge in [0.25, 0.3) is 0 Å². The molecule has 5 rings (SSSR count). The van der Waals surface area contributed by atoms with Gasteiger partial charge in [-0.3, -0.25) is 19.2 Å². The average Bonchev–Trinajstić information content (AvgIpc) is 3.82. The number of rotatable bonds is 10. The maximum Gasteiger partial charge on any atom is 0.317 e. The SMILES string of the molecule is CC[C@@H]1OC(=O)[C@H](C)C(=O)[C@H](C)[C@@H](OC2O[C@H](C)C[C@H](N(C)C)[C@H]2O)[C@](C)(OC)C[C@@H](C)C(=O)[C@H](C)[C@H]2[C@H](/C(N)=N/O[C@H](C)c3nnc(-c4cccc(N)n4)s3)C(=O)O[C@@]21C. The number of esters is 2. The summed E-state index contributed by atoms with van der Waals surface area (Å²) in [6.07, 6.45) is -4.77. The number of hydrogen-bond donors (Lipinski definition) is 3. The van der Waals surface area contributed by atoms with Crippen LogP contribution >= 0.6 is 11.3 Å². The summed E-state index contributed by atoms with van der Waals surface area (Å²) in [5, 5.41) is 25.0. The van der Waals surface area contributed by atoms with Crippen LogP contribution in [0.1, 0.15) is 92.7 Å². The summed E-state index contributed by atoms with van der Waals surface area (Å²) in [6, 6.07) is 4.85. The number of nitrogen functional groups attached to an aromatic ring is 1. The number of amidine groups is 1. The highest BCUT2D eigenvalue weighted by molar-refractivity contribution is 7.14. The fourth-order valence-electron chi connectivity index (χ4n) is 9.26.